The summed E-state index contributed by atoms with van der Waals surface area (Å²) in [5.74, 6) is 0.514. The molecule has 0 aliphatic heterocycles. The molecular formula is C13H14N2O2. The Bertz CT molecular complexity index is 564. The maximum absolute atomic E-state index is 10.8. The number of nitro benzene ring substituents is 1. The second-order valence-corrected chi connectivity index (χ2v) is 4.53. The van der Waals surface area contributed by atoms with Crippen LogP contribution in [0.2, 0.25) is 0 Å². The number of benzene rings is 1. The van der Waals surface area contributed by atoms with Gasteiger partial charge < -0.3 is 0 Å². The third-order valence-electron chi connectivity index (χ3n) is 2.65. The summed E-state index contributed by atoms with van der Waals surface area (Å²) in [4.78, 5) is 14.6. The molecule has 0 atom stereocenters. The average Bonchev–Trinajstić information content (AvgIpc) is 2.28. The van der Waals surface area contributed by atoms with Crippen LogP contribution in [0.25, 0.3) is 10.9 Å². The molecule has 1 heterocycles. The minimum absolute atomic E-state index is 0.121. The zero-order valence-electron chi connectivity index (χ0n) is 9.88. The van der Waals surface area contributed by atoms with Crippen LogP contribution in [0, 0.1) is 16.0 Å². The normalized spacial score (nSPS) is 11.0. The highest BCUT2D eigenvalue weighted by molar-refractivity contribution is 5.84. The van der Waals surface area contributed by atoms with Crippen molar-refractivity contribution in [3.63, 3.8) is 0 Å². The lowest BCUT2D eigenvalue weighted by atomic mass is 9.99. The average molecular weight is 230 g/mol. The Morgan fingerprint density at radius 2 is 2.12 bits per heavy atom. The molecule has 1 aromatic carbocycles. The smallest absolute Gasteiger partial charge is 0.258 e. The Labute approximate surface area is 99.4 Å². The van der Waals surface area contributed by atoms with Crippen LogP contribution in [0.3, 0.4) is 0 Å². The van der Waals surface area contributed by atoms with Crippen LogP contribution in [-0.2, 0) is 6.42 Å². The molecule has 0 saturated heterocycles. The second-order valence-electron chi connectivity index (χ2n) is 4.53. The minimum atomic E-state index is -0.369. The van der Waals surface area contributed by atoms with Crippen LogP contribution in [0.15, 0.2) is 30.5 Å². The number of non-ortho nitro benzene ring substituents is 1. The molecule has 0 spiro atoms. The van der Waals surface area contributed by atoms with Crippen molar-refractivity contribution in [1.82, 2.24) is 4.98 Å². The quantitative estimate of drug-likeness (QED) is 0.600. The SMILES string of the molecule is CC(C)Cc1ccnc2ccc([N+](=O)[O-])cc12. The first-order chi connectivity index (χ1) is 8.08. The number of nitrogens with zero attached hydrogens (tertiary/aromatic N) is 2. The van der Waals surface area contributed by atoms with Gasteiger partial charge in [0.25, 0.3) is 5.69 Å². The highest BCUT2D eigenvalue weighted by Gasteiger charge is 2.10. The molecule has 0 amide bonds. The minimum Gasteiger partial charge on any atom is -0.258 e. The number of hydrogen-bond donors (Lipinski definition) is 0. The fraction of sp³-hybridized carbons (Fsp3) is 0.308. The predicted octanol–water partition coefficient (Wildman–Crippen LogP) is 3.34. The summed E-state index contributed by atoms with van der Waals surface area (Å²) >= 11 is 0. The number of fused-ring (bicyclic) bond motifs is 1. The van der Waals surface area contributed by atoms with E-state index in [9.17, 15) is 10.1 Å². The van der Waals surface area contributed by atoms with Crippen molar-refractivity contribution in [2.45, 2.75) is 20.3 Å². The second kappa shape index (κ2) is 4.49. The van der Waals surface area contributed by atoms with Crippen molar-refractivity contribution in [3.05, 3.63) is 46.1 Å². The summed E-state index contributed by atoms with van der Waals surface area (Å²) < 4.78 is 0. The maximum Gasteiger partial charge on any atom is 0.270 e. The number of pyridine rings is 1. The Morgan fingerprint density at radius 3 is 2.76 bits per heavy atom. The molecule has 0 aliphatic carbocycles. The molecule has 4 nitrogen and oxygen atoms in total. The van der Waals surface area contributed by atoms with Gasteiger partial charge in [-0.05, 0) is 30.0 Å². The molecule has 0 bridgehead atoms. The molecule has 0 saturated carbocycles. The third kappa shape index (κ3) is 2.41. The summed E-state index contributed by atoms with van der Waals surface area (Å²) in [7, 11) is 0. The van der Waals surface area contributed by atoms with Gasteiger partial charge in [-0.1, -0.05) is 13.8 Å². The molecule has 0 fully saturated rings. The fourth-order valence-electron chi connectivity index (χ4n) is 1.92. The van der Waals surface area contributed by atoms with E-state index in [1.54, 1.807) is 18.3 Å². The van der Waals surface area contributed by atoms with Gasteiger partial charge in [-0.15, -0.1) is 0 Å². The van der Waals surface area contributed by atoms with Crippen molar-refractivity contribution in [3.8, 4) is 0 Å². The van der Waals surface area contributed by atoms with E-state index in [-0.39, 0.29) is 10.6 Å². The largest absolute Gasteiger partial charge is 0.270 e. The van der Waals surface area contributed by atoms with Gasteiger partial charge in [0.05, 0.1) is 10.4 Å². The molecule has 0 radical (unpaired) electrons. The monoisotopic (exact) mass is 230 g/mol. The molecule has 17 heavy (non-hydrogen) atoms. The van der Waals surface area contributed by atoms with Crippen LogP contribution >= 0.6 is 0 Å². The zero-order valence-corrected chi connectivity index (χ0v) is 9.88. The van der Waals surface area contributed by atoms with E-state index in [4.69, 9.17) is 0 Å². The van der Waals surface area contributed by atoms with E-state index >= 15 is 0 Å². The fourth-order valence-corrected chi connectivity index (χ4v) is 1.92. The summed E-state index contributed by atoms with van der Waals surface area (Å²) in [5, 5.41) is 11.6. The molecule has 88 valence electrons. The highest BCUT2D eigenvalue weighted by atomic mass is 16.6. The van der Waals surface area contributed by atoms with Gasteiger partial charge in [-0.25, -0.2) is 0 Å². The highest BCUT2D eigenvalue weighted by Crippen LogP contribution is 2.24. The van der Waals surface area contributed by atoms with Crippen molar-refractivity contribution < 1.29 is 4.92 Å². The summed E-state index contributed by atoms with van der Waals surface area (Å²) in [5.41, 5.74) is 2.05. The van der Waals surface area contributed by atoms with Crippen LogP contribution < -0.4 is 0 Å². The zero-order chi connectivity index (χ0) is 12.4. The van der Waals surface area contributed by atoms with Gasteiger partial charge >= 0.3 is 0 Å². The summed E-state index contributed by atoms with van der Waals surface area (Å²) in [6, 6.07) is 6.75. The van der Waals surface area contributed by atoms with E-state index in [1.807, 2.05) is 6.07 Å². The van der Waals surface area contributed by atoms with Gasteiger partial charge in [-0.2, -0.15) is 0 Å². The first-order valence-corrected chi connectivity index (χ1v) is 5.60. The third-order valence-corrected chi connectivity index (χ3v) is 2.65. The summed E-state index contributed by atoms with van der Waals surface area (Å²) in [6.07, 6.45) is 2.66. The molecule has 0 unspecified atom stereocenters. The van der Waals surface area contributed by atoms with Gasteiger partial charge in [0.15, 0.2) is 0 Å². The van der Waals surface area contributed by atoms with Crippen LogP contribution in [-0.4, -0.2) is 9.91 Å². The van der Waals surface area contributed by atoms with E-state index in [2.05, 4.69) is 18.8 Å². The Morgan fingerprint density at radius 1 is 1.35 bits per heavy atom. The van der Waals surface area contributed by atoms with Crippen LogP contribution in [0.5, 0.6) is 0 Å². The van der Waals surface area contributed by atoms with Gasteiger partial charge in [0.1, 0.15) is 0 Å². The lowest BCUT2D eigenvalue weighted by molar-refractivity contribution is -0.384. The number of aromatic nitrogens is 1. The molecule has 2 aromatic rings. The molecule has 2 rings (SSSR count). The van der Waals surface area contributed by atoms with Gasteiger partial charge in [-0.3, -0.25) is 15.1 Å². The lowest BCUT2D eigenvalue weighted by Gasteiger charge is -2.08. The number of nitro groups is 1. The van der Waals surface area contributed by atoms with Crippen molar-refractivity contribution >= 4 is 16.6 Å². The molecule has 0 aliphatic rings. The summed E-state index contributed by atoms with van der Waals surface area (Å²) in [6.45, 7) is 4.26. The number of hydrogen-bond acceptors (Lipinski definition) is 3. The van der Waals surface area contributed by atoms with E-state index < -0.39 is 0 Å². The van der Waals surface area contributed by atoms with Gasteiger partial charge in [0.2, 0.25) is 0 Å². The van der Waals surface area contributed by atoms with Gasteiger partial charge in [0, 0.05) is 23.7 Å². The van der Waals surface area contributed by atoms with Crippen molar-refractivity contribution in [2.24, 2.45) is 5.92 Å². The van der Waals surface area contributed by atoms with E-state index in [0.717, 1.165) is 22.9 Å². The maximum atomic E-state index is 10.8. The van der Waals surface area contributed by atoms with E-state index in [0.29, 0.717) is 5.92 Å². The standard InChI is InChI=1S/C13H14N2O2/c1-9(2)7-10-5-6-14-13-4-3-11(15(16)17)8-12(10)13/h3-6,8-9H,7H2,1-2H3. The topological polar surface area (TPSA) is 56.0 Å². The first kappa shape index (κ1) is 11.5. The Hall–Kier alpha value is -1.97. The molecular weight excluding hydrogens is 216 g/mol. The Kier molecular flexibility index (Phi) is 3.04. The molecule has 0 N–H and O–H groups in total. The van der Waals surface area contributed by atoms with Crippen LogP contribution in [0.4, 0.5) is 5.69 Å². The van der Waals surface area contributed by atoms with Crippen molar-refractivity contribution in [2.75, 3.05) is 0 Å². The Balaban J connectivity index is 2.59. The molecule has 1 aromatic heterocycles. The van der Waals surface area contributed by atoms with E-state index in [1.165, 1.54) is 6.07 Å². The number of rotatable bonds is 3. The van der Waals surface area contributed by atoms with Crippen molar-refractivity contribution in [1.29, 1.82) is 0 Å². The van der Waals surface area contributed by atoms with Crippen LogP contribution in [0.1, 0.15) is 19.4 Å². The first-order valence-electron chi connectivity index (χ1n) is 5.60. The lowest BCUT2D eigenvalue weighted by Crippen LogP contribution is -1.97. The predicted molar refractivity (Wildman–Crippen MR) is 66.9 cm³/mol. The molecule has 4 heteroatoms.